The van der Waals surface area contributed by atoms with Crippen LogP contribution in [-0.2, 0) is 16.6 Å². The molecule has 3 nitrogen and oxygen atoms in total. The number of nitrogens with zero attached hydrogens (tertiary/aromatic N) is 2. The van der Waals surface area contributed by atoms with E-state index in [-0.39, 0.29) is 11.2 Å². The molecule has 0 bridgehead atoms. The van der Waals surface area contributed by atoms with Crippen LogP contribution in [0.4, 0.5) is 4.39 Å². The summed E-state index contributed by atoms with van der Waals surface area (Å²) in [5, 5.41) is 5.74. The van der Waals surface area contributed by atoms with E-state index in [2.05, 4.69) is 42.4 Å². The van der Waals surface area contributed by atoms with Crippen molar-refractivity contribution in [3.05, 3.63) is 101 Å². The number of halogens is 1. The van der Waals surface area contributed by atoms with Crippen molar-refractivity contribution in [3.63, 3.8) is 0 Å². The number of allylic oxidation sites excluding steroid dienone is 1. The van der Waals surface area contributed by atoms with Crippen molar-refractivity contribution in [3.8, 4) is 5.69 Å². The van der Waals surface area contributed by atoms with Crippen molar-refractivity contribution in [2.24, 2.45) is 5.92 Å². The van der Waals surface area contributed by atoms with Crippen LogP contribution < -0.4 is 0 Å². The van der Waals surface area contributed by atoms with Gasteiger partial charge in [-0.15, -0.1) is 0 Å². The third kappa shape index (κ3) is 3.72. The summed E-state index contributed by atoms with van der Waals surface area (Å²) in [7, 11) is 0. The molecule has 4 heteroatoms. The van der Waals surface area contributed by atoms with Gasteiger partial charge in [-0.2, -0.15) is 5.10 Å². The number of fused-ring (bicyclic) bond motifs is 4. The minimum absolute atomic E-state index is 0.0491. The van der Waals surface area contributed by atoms with Crippen molar-refractivity contribution < 1.29 is 9.18 Å². The zero-order valence-corrected chi connectivity index (χ0v) is 20.0. The van der Waals surface area contributed by atoms with E-state index in [9.17, 15) is 9.18 Å². The molecule has 0 N–H and O–H groups in total. The summed E-state index contributed by atoms with van der Waals surface area (Å²) >= 11 is 0. The number of aromatic nitrogens is 2. The molecule has 2 aliphatic rings. The molecule has 1 aromatic heterocycles. The molecule has 0 radical (unpaired) electrons. The maximum absolute atomic E-state index is 13.5. The lowest BCUT2D eigenvalue weighted by Crippen LogP contribution is -2.41. The number of aryl methyl sites for hydroxylation is 1. The second kappa shape index (κ2) is 8.60. The van der Waals surface area contributed by atoms with Crippen LogP contribution in [0, 0.1) is 11.7 Å². The quantitative estimate of drug-likeness (QED) is 0.300. The Morgan fingerprint density at radius 2 is 1.91 bits per heavy atom. The third-order valence-electron chi connectivity index (χ3n) is 8.25. The Balaban J connectivity index is 1.48. The number of hydrogen-bond donors (Lipinski definition) is 0. The molecule has 6 rings (SSSR count). The molecular weight excluding hydrogens is 435 g/mol. The minimum atomic E-state index is -0.249. The summed E-state index contributed by atoms with van der Waals surface area (Å²) in [4.78, 5) is 13.2. The van der Waals surface area contributed by atoms with Gasteiger partial charge in [0.2, 0.25) is 0 Å². The lowest BCUT2D eigenvalue weighted by atomic mass is 9.58. The Kier molecular flexibility index (Phi) is 5.40. The zero-order chi connectivity index (χ0) is 24.0. The van der Waals surface area contributed by atoms with Crippen LogP contribution in [0.15, 0.2) is 78.5 Å². The van der Waals surface area contributed by atoms with Crippen LogP contribution >= 0.6 is 0 Å². The number of ketones is 1. The molecule has 2 aliphatic carbocycles. The first-order valence-electron chi connectivity index (χ1n) is 12.6. The van der Waals surface area contributed by atoms with Gasteiger partial charge >= 0.3 is 0 Å². The van der Waals surface area contributed by atoms with Gasteiger partial charge in [0.25, 0.3) is 0 Å². The van der Waals surface area contributed by atoms with Crippen LogP contribution in [0.3, 0.4) is 0 Å². The average Bonchev–Trinajstić information content (AvgIpc) is 3.22. The lowest BCUT2D eigenvalue weighted by molar-refractivity contribution is -0.118. The maximum atomic E-state index is 13.5. The fourth-order valence-corrected chi connectivity index (χ4v) is 6.43. The molecule has 0 saturated heterocycles. The molecule has 176 valence electrons. The van der Waals surface area contributed by atoms with Gasteiger partial charge in [-0.3, -0.25) is 4.79 Å². The molecule has 0 aliphatic heterocycles. The van der Waals surface area contributed by atoms with Gasteiger partial charge in [0.1, 0.15) is 5.82 Å². The minimum Gasteiger partial charge on any atom is -0.295 e. The van der Waals surface area contributed by atoms with Gasteiger partial charge < -0.3 is 0 Å². The number of carbonyl (C=O) groups excluding carboxylic acids is 1. The first-order chi connectivity index (χ1) is 17.1. The predicted molar refractivity (Wildman–Crippen MR) is 138 cm³/mol. The molecule has 35 heavy (non-hydrogen) atoms. The Labute approximate surface area is 205 Å². The summed E-state index contributed by atoms with van der Waals surface area (Å²) in [6.07, 6.45) is 9.59. The molecule has 1 heterocycles. The zero-order valence-electron chi connectivity index (χ0n) is 20.0. The Morgan fingerprint density at radius 3 is 2.69 bits per heavy atom. The van der Waals surface area contributed by atoms with Gasteiger partial charge in [0.15, 0.2) is 5.78 Å². The highest BCUT2D eigenvalue weighted by molar-refractivity contribution is 6.01. The molecule has 0 spiro atoms. The molecule has 1 fully saturated rings. The summed E-state index contributed by atoms with van der Waals surface area (Å²) in [6, 6.07) is 21.3. The topological polar surface area (TPSA) is 34.9 Å². The fraction of sp³-hybridized carbons (Fsp3) is 0.290. The SMILES string of the molecule is CC[C@]12C/C(=C\c3ccccc3)C(=O)C[C@@H]1CCCc1cc3c(cnn3-c3ccc(F)cc3)cc12. The predicted octanol–water partition coefficient (Wildman–Crippen LogP) is 7.21. The summed E-state index contributed by atoms with van der Waals surface area (Å²) < 4.78 is 15.4. The van der Waals surface area contributed by atoms with Gasteiger partial charge in [0, 0.05) is 17.2 Å². The van der Waals surface area contributed by atoms with Gasteiger partial charge in [-0.1, -0.05) is 37.3 Å². The molecule has 0 unspecified atom stereocenters. The smallest absolute Gasteiger partial charge is 0.159 e. The van der Waals surface area contributed by atoms with Crippen molar-refractivity contribution in [2.45, 2.75) is 50.9 Å². The number of Topliss-reactive ketones (excluding diaryl/α,β-unsaturated/α-hetero) is 1. The first-order valence-corrected chi connectivity index (χ1v) is 12.6. The number of rotatable bonds is 3. The monoisotopic (exact) mass is 464 g/mol. The Bertz CT molecular complexity index is 1430. The fourth-order valence-electron chi connectivity index (χ4n) is 6.43. The van der Waals surface area contributed by atoms with Crippen LogP contribution in [0.2, 0.25) is 0 Å². The Hall–Kier alpha value is -3.53. The van der Waals surface area contributed by atoms with Crippen LogP contribution in [0.5, 0.6) is 0 Å². The van der Waals surface area contributed by atoms with E-state index in [4.69, 9.17) is 0 Å². The van der Waals surface area contributed by atoms with E-state index in [1.165, 1.54) is 23.3 Å². The lowest BCUT2D eigenvalue weighted by Gasteiger charge is -2.44. The van der Waals surface area contributed by atoms with E-state index in [1.54, 1.807) is 12.1 Å². The third-order valence-corrected chi connectivity index (χ3v) is 8.25. The molecule has 3 aromatic carbocycles. The number of hydrogen-bond acceptors (Lipinski definition) is 2. The van der Waals surface area contributed by atoms with Gasteiger partial charge in [0.05, 0.1) is 17.4 Å². The van der Waals surface area contributed by atoms with E-state index in [0.717, 1.165) is 59.8 Å². The van der Waals surface area contributed by atoms with Crippen LogP contribution in [0.1, 0.15) is 55.7 Å². The standard InChI is InChI=1S/C31H29FN2O/c1-2-31-19-23(15-21-7-4-3-5-8-21)30(35)18-25(31)10-6-9-22-17-29-24(16-28(22)31)20-33-34(29)27-13-11-26(32)12-14-27/h3-5,7-8,11-17,20,25H,2,6,9-10,18-19H2,1H3/b23-15+/t25-,31-/m0/s1. The average molecular weight is 465 g/mol. The van der Waals surface area contributed by atoms with Crippen molar-refractivity contribution in [1.82, 2.24) is 9.78 Å². The van der Waals surface area contributed by atoms with E-state index < -0.39 is 0 Å². The highest BCUT2D eigenvalue weighted by Gasteiger charge is 2.47. The summed E-state index contributed by atoms with van der Waals surface area (Å²) in [5.41, 5.74) is 6.64. The van der Waals surface area contributed by atoms with E-state index in [0.29, 0.717) is 18.1 Å². The van der Waals surface area contributed by atoms with Crippen molar-refractivity contribution in [2.75, 3.05) is 0 Å². The van der Waals surface area contributed by atoms with Crippen LogP contribution in [-0.4, -0.2) is 15.6 Å². The number of carbonyl (C=O) groups is 1. The Morgan fingerprint density at radius 1 is 1.11 bits per heavy atom. The van der Waals surface area contributed by atoms with E-state index in [1.807, 2.05) is 29.1 Å². The largest absolute Gasteiger partial charge is 0.295 e. The highest BCUT2D eigenvalue weighted by atomic mass is 19.1. The van der Waals surface area contributed by atoms with Crippen LogP contribution in [0.25, 0.3) is 22.7 Å². The van der Waals surface area contributed by atoms with Crippen molar-refractivity contribution >= 4 is 22.8 Å². The molecule has 0 amide bonds. The number of benzene rings is 3. The van der Waals surface area contributed by atoms with Gasteiger partial charge in [-0.25, -0.2) is 9.07 Å². The second-order valence-corrected chi connectivity index (χ2v) is 10.1. The normalized spacial score (nSPS) is 23.2. The summed E-state index contributed by atoms with van der Waals surface area (Å²) in [5.74, 6) is 0.413. The molecule has 4 aromatic rings. The first kappa shape index (κ1) is 22.0. The van der Waals surface area contributed by atoms with Gasteiger partial charge in [-0.05, 0) is 103 Å². The molecular formula is C31H29FN2O. The molecule has 2 atom stereocenters. The van der Waals surface area contributed by atoms with E-state index >= 15 is 0 Å². The highest BCUT2D eigenvalue weighted by Crippen LogP contribution is 2.52. The maximum Gasteiger partial charge on any atom is 0.159 e. The molecule has 1 saturated carbocycles. The second-order valence-electron chi connectivity index (χ2n) is 10.1. The summed E-state index contributed by atoms with van der Waals surface area (Å²) in [6.45, 7) is 2.28. The van der Waals surface area contributed by atoms with Crippen molar-refractivity contribution in [1.29, 1.82) is 0 Å².